The molecular weight excluding hydrogens is 253 g/mol. The summed E-state index contributed by atoms with van der Waals surface area (Å²) in [5, 5.41) is 10.8. The van der Waals surface area contributed by atoms with Gasteiger partial charge in [-0.2, -0.15) is 0 Å². The van der Waals surface area contributed by atoms with E-state index in [0.717, 1.165) is 0 Å². The van der Waals surface area contributed by atoms with E-state index in [4.69, 9.17) is 5.11 Å². The molecule has 76 valence electrons. The van der Waals surface area contributed by atoms with Crippen LogP contribution < -0.4 is 5.32 Å². The highest BCUT2D eigenvalue weighted by Crippen LogP contribution is 2.18. The number of aliphatic hydroxyl groups excluding tert-OH is 1. The summed E-state index contributed by atoms with van der Waals surface area (Å²) in [6.07, 6.45) is 0. The van der Waals surface area contributed by atoms with Crippen LogP contribution in [0.3, 0.4) is 0 Å². The second-order valence-corrected chi connectivity index (χ2v) is 3.44. The molecule has 0 radical (unpaired) electrons. The average molecular weight is 262 g/mol. The summed E-state index contributed by atoms with van der Waals surface area (Å²) in [6, 6.07) is 4.46. The molecule has 0 atom stereocenters. The van der Waals surface area contributed by atoms with Gasteiger partial charge in [0.15, 0.2) is 0 Å². The van der Waals surface area contributed by atoms with E-state index in [1.54, 1.807) is 6.07 Å². The summed E-state index contributed by atoms with van der Waals surface area (Å²) < 4.78 is 13.6. The van der Waals surface area contributed by atoms with Crippen LogP contribution in [0.25, 0.3) is 0 Å². The molecule has 14 heavy (non-hydrogen) atoms. The summed E-state index contributed by atoms with van der Waals surface area (Å²) in [6.45, 7) is -0.0495. The molecule has 0 aliphatic rings. The zero-order valence-corrected chi connectivity index (χ0v) is 8.84. The number of aliphatic hydroxyl groups is 1. The lowest BCUT2D eigenvalue weighted by molar-refractivity contribution is 0.0940. The van der Waals surface area contributed by atoms with Crippen LogP contribution in [-0.4, -0.2) is 24.2 Å². The van der Waals surface area contributed by atoms with Crippen LogP contribution in [0.2, 0.25) is 0 Å². The molecule has 1 amide bonds. The number of hydrogen-bond acceptors (Lipinski definition) is 2. The summed E-state index contributed by atoms with van der Waals surface area (Å²) in [7, 11) is 0. The van der Waals surface area contributed by atoms with Gasteiger partial charge in [0.1, 0.15) is 5.82 Å². The van der Waals surface area contributed by atoms with Crippen LogP contribution in [0.15, 0.2) is 22.7 Å². The maximum atomic E-state index is 13.3. The van der Waals surface area contributed by atoms with Crippen LogP contribution >= 0.6 is 15.9 Å². The molecule has 1 aromatic carbocycles. The van der Waals surface area contributed by atoms with E-state index in [1.807, 2.05) is 0 Å². The van der Waals surface area contributed by atoms with Gasteiger partial charge in [0.05, 0.1) is 16.6 Å². The Morgan fingerprint density at radius 3 is 2.93 bits per heavy atom. The van der Waals surface area contributed by atoms with Gasteiger partial charge in [0.25, 0.3) is 5.91 Å². The lowest BCUT2D eigenvalue weighted by Crippen LogP contribution is -2.27. The molecule has 0 fully saturated rings. The van der Waals surface area contributed by atoms with Gasteiger partial charge >= 0.3 is 0 Å². The zero-order valence-electron chi connectivity index (χ0n) is 7.26. The smallest absolute Gasteiger partial charge is 0.254 e. The fourth-order valence-electron chi connectivity index (χ4n) is 0.944. The normalized spacial score (nSPS) is 9.93. The number of carbonyl (C=O) groups is 1. The quantitative estimate of drug-likeness (QED) is 0.862. The highest BCUT2D eigenvalue weighted by atomic mass is 79.9. The first kappa shape index (κ1) is 11.1. The average Bonchev–Trinajstić information content (AvgIpc) is 2.18. The van der Waals surface area contributed by atoms with Gasteiger partial charge in [0.2, 0.25) is 0 Å². The van der Waals surface area contributed by atoms with Gasteiger partial charge in [-0.15, -0.1) is 0 Å². The van der Waals surface area contributed by atoms with Crippen LogP contribution in [0.4, 0.5) is 4.39 Å². The lowest BCUT2D eigenvalue weighted by Gasteiger charge is -2.04. The fraction of sp³-hybridized carbons (Fsp3) is 0.222. The Bertz CT molecular complexity index is 344. The van der Waals surface area contributed by atoms with Gasteiger partial charge in [-0.3, -0.25) is 4.79 Å². The minimum atomic E-state index is -0.595. The highest BCUT2D eigenvalue weighted by Gasteiger charge is 2.12. The Kier molecular flexibility index (Phi) is 4.03. The standard InChI is InChI=1S/C9H9BrFNO2/c10-7-3-1-2-6(8(7)11)9(14)12-4-5-13/h1-3,13H,4-5H2,(H,12,14). The topological polar surface area (TPSA) is 49.3 Å². The first-order chi connectivity index (χ1) is 6.66. The minimum Gasteiger partial charge on any atom is -0.395 e. The van der Waals surface area contributed by atoms with Crippen molar-refractivity contribution in [2.75, 3.05) is 13.2 Å². The molecule has 0 aliphatic heterocycles. The van der Waals surface area contributed by atoms with Crippen molar-refractivity contribution in [1.29, 1.82) is 0 Å². The molecule has 2 N–H and O–H groups in total. The third-order valence-corrected chi connectivity index (χ3v) is 2.21. The largest absolute Gasteiger partial charge is 0.395 e. The van der Waals surface area contributed by atoms with Gasteiger partial charge < -0.3 is 10.4 Å². The van der Waals surface area contributed by atoms with Crippen molar-refractivity contribution < 1.29 is 14.3 Å². The first-order valence-corrected chi connectivity index (χ1v) is 4.79. The van der Waals surface area contributed by atoms with Crippen molar-refractivity contribution >= 4 is 21.8 Å². The predicted molar refractivity (Wildman–Crippen MR) is 53.5 cm³/mol. The molecule has 1 rings (SSSR count). The van der Waals surface area contributed by atoms with Gasteiger partial charge in [-0.25, -0.2) is 4.39 Å². The maximum Gasteiger partial charge on any atom is 0.254 e. The van der Waals surface area contributed by atoms with Crippen molar-refractivity contribution in [2.45, 2.75) is 0 Å². The molecule has 0 bridgehead atoms. The number of hydrogen-bond donors (Lipinski definition) is 2. The number of nitrogens with one attached hydrogen (secondary N) is 1. The Morgan fingerprint density at radius 1 is 1.57 bits per heavy atom. The van der Waals surface area contributed by atoms with E-state index in [2.05, 4.69) is 21.2 Å². The van der Waals surface area contributed by atoms with Crippen molar-refractivity contribution in [1.82, 2.24) is 5.32 Å². The Hall–Kier alpha value is -0.940. The summed E-state index contributed by atoms with van der Waals surface area (Å²) in [5.74, 6) is -1.12. The third kappa shape index (κ3) is 2.52. The monoisotopic (exact) mass is 261 g/mol. The van der Waals surface area contributed by atoms with Gasteiger partial charge in [-0.05, 0) is 28.1 Å². The highest BCUT2D eigenvalue weighted by molar-refractivity contribution is 9.10. The van der Waals surface area contributed by atoms with Crippen LogP contribution in [0.5, 0.6) is 0 Å². The van der Waals surface area contributed by atoms with Crippen molar-refractivity contribution in [3.63, 3.8) is 0 Å². The number of halogens is 2. The van der Waals surface area contributed by atoms with E-state index in [0.29, 0.717) is 0 Å². The Morgan fingerprint density at radius 2 is 2.29 bits per heavy atom. The third-order valence-electron chi connectivity index (χ3n) is 1.59. The second kappa shape index (κ2) is 5.07. The first-order valence-electron chi connectivity index (χ1n) is 4.00. The molecule has 1 aromatic rings. The fourth-order valence-corrected chi connectivity index (χ4v) is 1.31. The van der Waals surface area contributed by atoms with Gasteiger partial charge in [-0.1, -0.05) is 6.07 Å². The second-order valence-electron chi connectivity index (χ2n) is 2.58. The number of benzene rings is 1. The van der Waals surface area contributed by atoms with E-state index < -0.39 is 11.7 Å². The summed E-state index contributed by atoms with van der Waals surface area (Å²) >= 11 is 2.98. The lowest BCUT2D eigenvalue weighted by atomic mass is 10.2. The molecule has 0 saturated carbocycles. The number of carbonyl (C=O) groups excluding carboxylic acids is 1. The molecule has 0 aliphatic carbocycles. The molecule has 0 spiro atoms. The van der Waals surface area contributed by atoms with Crippen molar-refractivity contribution in [2.24, 2.45) is 0 Å². The SMILES string of the molecule is O=C(NCCO)c1cccc(Br)c1F. The predicted octanol–water partition coefficient (Wildman–Crippen LogP) is 1.31. The molecule has 3 nitrogen and oxygen atoms in total. The summed E-state index contributed by atoms with van der Waals surface area (Å²) in [5.41, 5.74) is -0.0344. The molecule has 0 unspecified atom stereocenters. The molecule has 0 aromatic heterocycles. The Balaban J connectivity index is 2.84. The van der Waals surface area contributed by atoms with Gasteiger partial charge in [0, 0.05) is 6.54 Å². The van der Waals surface area contributed by atoms with E-state index in [9.17, 15) is 9.18 Å². The van der Waals surface area contributed by atoms with Crippen molar-refractivity contribution in [3.8, 4) is 0 Å². The van der Waals surface area contributed by atoms with Crippen LogP contribution in [0.1, 0.15) is 10.4 Å². The molecule has 5 heteroatoms. The minimum absolute atomic E-state index is 0.0344. The number of amides is 1. The van der Waals surface area contributed by atoms with E-state index in [1.165, 1.54) is 12.1 Å². The van der Waals surface area contributed by atoms with E-state index >= 15 is 0 Å². The Labute approximate surface area is 89.1 Å². The van der Waals surface area contributed by atoms with Crippen LogP contribution in [-0.2, 0) is 0 Å². The summed E-state index contributed by atoms with van der Waals surface area (Å²) in [4.78, 5) is 11.3. The number of rotatable bonds is 3. The maximum absolute atomic E-state index is 13.3. The molecule has 0 heterocycles. The van der Waals surface area contributed by atoms with Crippen LogP contribution in [0, 0.1) is 5.82 Å². The zero-order chi connectivity index (χ0) is 10.6. The van der Waals surface area contributed by atoms with E-state index in [-0.39, 0.29) is 23.2 Å². The molecular formula is C9H9BrFNO2. The van der Waals surface area contributed by atoms with Crippen molar-refractivity contribution in [3.05, 3.63) is 34.1 Å². The molecule has 0 saturated heterocycles.